The van der Waals surface area contributed by atoms with Gasteiger partial charge in [-0.1, -0.05) is 43.6 Å². The van der Waals surface area contributed by atoms with Gasteiger partial charge < -0.3 is 5.73 Å². The largest absolute Gasteiger partial charge is 0.398 e. The van der Waals surface area contributed by atoms with E-state index >= 15 is 4.39 Å². The molecule has 3 aromatic carbocycles. The lowest BCUT2D eigenvalue weighted by atomic mass is 9.94. The van der Waals surface area contributed by atoms with Gasteiger partial charge in [-0.05, 0) is 113 Å². The molecule has 0 radical (unpaired) electrons. The molecule has 6 aromatic heterocycles. The first-order chi connectivity index (χ1) is 31.2. The van der Waals surface area contributed by atoms with Crippen LogP contribution in [0.4, 0.5) is 14.5 Å². The SMILES string of the molecule is CC(C)c1nc(=O)n(-c2c(C3CC3)ccnc2C2CC2)c2nc(-c3c(N)cccc3F)c(F)cc12.Cc1cc2[nH]ncc2c(-c2c(-c3ccc4cnn(C)c4c3)nn(C(C)C)c2C)c1Cl. The number of benzene rings is 3. The highest BCUT2D eigenvalue weighted by molar-refractivity contribution is 6.36. The Morgan fingerprint density at radius 1 is 0.862 bits per heavy atom. The summed E-state index contributed by atoms with van der Waals surface area (Å²) in [6, 6.07) is 16.0. The number of nitrogens with one attached hydrogen (secondary N) is 1. The Kier molecular flexibility index (Phi) is 10.4. The Balaban J connectivity index is 0.000000155. The predicted octanol–water partition coefficient (Wildman–Crippen LogP) is 11.4. The third-order valence-electron chi connectivity index (χ3n) is 12.6. The highest BCUT2D eigenvalue weighted by Crippen LogP contribution is 2.49. The van der Waals surface area contributed by atoms with Crippen molar-refractivity contribution in [2.45, 2.75) is 91.0 Å². The number of halogens is 3. The molecule has 2 saturated carbocycles. The van der Waals surface area contributed by atoms with Gasteiger partial charge in [0, 0.05) is 69.4 Å². The molecule has 330 valence electrons. The summed E-state index contributed by atoms with van der Waals surface area (Å²) in [6.07, 6.45) is 9.58. The molecule has 2 fully saturated rings. The van der Waals surface area contributed by atoms with Crippen molar-refractivity contribution < 1.29 is 8.78 Å². The second-order valence-electron chi connectivity index (χ2n) is 17.9. The smallest absolute Gasteiger partial charge is 0.354 e. The number of nitrogens with zero attached hydrogens (tertiary/aromatic N) is 9. The molecule has 2 aliphatic carbocycles. The number of aromatic nitrogens is 10. The Hall–Kier alpha value is -6.80. The Labute approximate surface area is 378 Å². The number of hydrogen-bond acceptors (Lipinski definition) is 8. The fourth-order valence-electron chi connectivity index (χ4n) is 9.12. The molecule has 0 saturated heterocycles. The van der Waals surface area contributed by atoms with Crippen LogP contribution in [0, 0.1) is 25.5 Å². The molecular weight excluding hydrogens is 844 g/mol. The lowest BCUT2D eigenvalue weighted by Gasteiger charge is -2.20. The Bertz CT molecular complexity index is 3380. The van der Waals surface area contributed by atoms with Gasteiger partial charge in [-0.2, -0.15) is 20.3 Å². The molecule has 0 spiro atoms. The van der Waals surface area contributed by atoms with Crippen molar-refractivity contribution in [1.29, 1.82) is 0 Å². The first kappa shape index (κ1) is 42.2. The molecule has 2 aliphatic rings. The molecule has 65 heavy (non-hydrogen) atoms. The highest BCUT2D eigenvalue weighted by Gasteiger charge is 2.35. The molecule has 0 amide bonds. The average molecular weight is 892 g/mol. The molecular formula is C50H48ClF2N11O. The molecule has 0 bridgehead atoms. The van der Waals surface area contributed by atoms with Crippen molar-refractivity contribution in [2.24, 2.45) is 7.05 Å². The van der Waals surface area contributed by atoms with E-state index in [2.05, 4.69) is 73.9 Å². The average Bonchev–Trinajstić information content (AvgIpc) is 4.20. The molecule has 0 unspecified atom stereocenters. The number of anilines is 1. The fourth-order valence-corrected chi connectivity index (χ4v) is 9.37. The number of nitrogens with two attached hydrogens (primary N) is 1. The minimum atomic E-state index is -0.723. The molecule has 9 aromatic rings. The zero-order valence-electron chi connectivity index (χ0n) is 37.2. The van der Waals surface area contributed by atoms with E-state index in [4.69, 9.17) is 22.4 Å². The van der Waals surface area contributed by atoms with Crippen LogP contribution in [0.15, 0.2) is 78.0 Å². The maximum atomic E-state index is 15.5. The first-order valence-electron chi connectivity index (χ1n) is 22.0. The predicted molar refractivity (Wildman–Crippen MR) is 253 cm³/mol. The van der Waals surface area contributed by atoms with Crippen molar-refractivity contribution in [1.82, 2.24) is 49.3 Å². The summed E-state index contributed by atoms with van der Waals surface area (Å²) in [5, 5.41) is 20.0. The van der Waals surface area contributed by atoms with Crippen molar-refractivity contribution in [3.8, 4) is 39.3 Å². The lowest BCUT2D eigenvalue weighted by Crippen LogP contribution is -2.27. The lowest BCUT2D eigenvalue weighted by molar-refractivity contribution is 0.521. The second-order valence-corrected chi connectivity index (χ2v) is 18.3. The van der Waals surface area contributed by atoms with E-state index in [1.54, 1.807) is 6.20 Å². The number of H-pyrrole nitrogens is 1. The maximum absolute atomic E-state index is 15.5. The zero-order chi connectivity index (χ0) is 45.6. The molecule has 6 heterocycles. The normalized spacial score (nSPS) is 14.0. The van der Waals surface area contributed by atoms with E-state index in [1.807, 2.05) is 57.0 Å². The van der Waals surface area contributed by atoms with Crippen LogP contribution in [-0.2, 0) is 7.05 Å². The van der Waals surface area contributed by atoms with Gasteiger partial charge in [0.1, 0.15) is 23.0 Å². The van der Waals surface area contributed by atoms with Gasteiger partial charge in [0.2, 0.25) is 0 Å². The van der Waals surface area contributed by atoms with Crippen LogP contribution in [0.3, 0.4) is 0 Å². The number of rotatable bonds is 8. The molecule has 0 atom stereocenters. The molecule has 12 nitrogen and oxygen atoms in total. The van der Waals surface area contributed by atoms with Crippen molar-refractivity contribution in [3.05, 3.63) is 129 Å². The summed E-state index contributed by atoms with van der Waals surface area (Å²) in [7, 11) is 1.96. The van der Waals surface area contributed by atoms with Crippen LogP contribution in [0.2, 0.25) is 5.02 Å². The molecule has 15 heteroatoms. The van der Waals surface area contributed by atoms with Crippen LogP contribution >= 0.6 is 11.6 Å². The first-order valence-corrected chi connectivity index (χ1v) is 22.4. The van der Waals surface area contributed by atoms with Gasteiger partial charge in [0.25, 0.3) is 0 Å². The van der Waals surface area contributed by atoms with E-state index in [1.165, 1.54) is 28.8 Å². The summed E-state index contributed by atoms with van der Waals surface area (Å²) in [6.45, 7) is 12.2. The van der Waals surface area contributed by atoms with Crippen molar-refractivity contribution in [3.63, 3.8) is 0 Å². The Morgan fingerprint density at radius 2 is 1.63 bits per heavy atom. The summed E-state index contributed by atoms with van der Waals surface area (Å²) >= 11 is 6.89. The summed E-state index contributed by atoms with van der Waals surface area (Å²) in [4.78, 5) is 27.2. The standard InChI is InChI=1S/C27H25F2N5O.C23H23ClN6/c1-13(2)22-17-12-19(29)24(21-18(28)4-3-5-20(21)30)32-26(17)34(27(35)33-22)25-16(14-6-7-14)10-11-31-23(25)15-8-9-15;1-12(2)30-14(4)20(21-17-11-25-27-18(17)8-13(3)22(21)24)23(28-30)15-6-7-16-10-26-29(5)19(16)9-15/h3-5,10-15H,6-9,30H2,1-2H3;6-12H,1-5H3,(H,25,27). The van der Waals surface area contributed by atoms with Gasteiger partial charge in [0.05, 0.1) is 51.1 Å². The van der Waals surface area contributed by atoms with E-state index in [9.17, 15) is 9.18 Å². The number of nitrogen functional groups attached to an aromatic ring is 1. The van der Waals surface area contributed by atoms with Gasteiger partial charge in [-0.15, -0.1) is 0 Å². The van der Waals surface area contributed by atoms with E-state index in [-0.39, 0.29) is 40.5 Å². The second kappa shape index (κ2) is 16.0. The van der Waals surface area contributed by atoms with Gasteiger partial charge in [0.15, 0.2) is 5.65 Å². The van der Waals surface area contributed by atoms with Crippen LogP contribution in [0.1, 0.15) is 105 Å². The number of aromatic amines is 1. The third-order valence-corrected chi connectivity index (χ3v) is 13.1. The van der Waals surface area contributed by atoms with Crippen molar-refractivity contribution in [2.75, 3.05) is 5.73 Å². The molecule has 0 aliphatic heterocycles. The number of aryl methyl sites for hydroxylation is 2. The molecule has 3 N–H and O–H groups in total. The maximum Gasteiger partial charge on any atom is 0.354 e. The van der Waals surface area contributed by atoms with Crippen LogP contribution in [-0.4, -0.2) is 49.3 Å². The van der Waals surface area contributed by atoms with E-state index in [0.29, 0.717) is 22.7 Å². The quantitative estimate of drug-likeness (QED) is 0.143. The third kappa shape index (κ3) is 7.24. The Morgan fingerprint density at radius 3 is 2.34 bits per heavy atom. The van der Waals surface area contributed by atoms with Gasteiger partial charge in [-0.3, -0.25) is 19.4 Å². The topological polar surface area (TPSA) is 151 Å². The summed E-state index contributed by atoms with van der Waals surface area (Å²) < 4.78 is 35.7. The van der Waals surface area contributed by atoms with Crippen LogP contribution in [0.25, 0.3) is 72.2 Å². The zero-order valence-corrected chi connectivity index (χ0v) is 38.0. The number of fused-ring (bicyclic) bond motifs is 3. The number of pyridine rings is 2. The fraction of sp³-hybridized carbons (Fsp3) is 0.300. The van der Waals surface area contributed by atoms with Crippen LogP contribution < -0.4 is 11.4 Å². The number of hydrogen-bond donors (Lipinski definition) is 2. The highest BCUT2D eigenvalue weighted by atomic mass is 35.5. The summed E-state index contributed by atoms with van der Waals surface area (Å²) in [5.41, 5.74) is 16.6. The summed E-state index contributed by atoms with van der Waals surface area (Å²) in [5.74, 6) is -0.956. The van der Waals surface area contributed by atoms with Gasteiger partial charge in [-0.25, -0.2) is 23.1 Å². The minimum absolute atomic E-state index is 0.0708. The van der Waals surface area contributed by atoms with E-state index < -0.39 is 17.3 Å². The molecule has 11 rings (SSSR count). The van der Waals surface area contributed by atoms with E-state index in [0.717, 1.165) is 97.4 Å². The van der Waals surface area contributed by atoms with Crippen LogP contribution in [0.5, 0.6) is 0 Å². The van der Waals surface area contributed by atoms with Gasteiger partial charge >= 0.3 is 5.69 Å². The monoisotopic (exact) mass is 891 g/mol. The minimum Gasteiger partial charge on any atom is -0.398 e. The van der Waals surface area contributed by atoms with Crippen molar-refractivity contribution >= 4 is 50.1 Å².